The Bertz CT molecular complexity index is 601. The van der Waals surface area contributed by atoms with Crippen molar-refractivity contribution in [2.45, 2.75) is 32.2 Å². The van der Waals surface area contributed by atoms with Gasteiger partial charge in [-0.1, -0.05) is 13.0 Å². The molecule has 6 heteroatoms. The van der Waals surface area contributed by atoms with E-state index in [4.69, 9.17) is 5.26 Å². The maximum absolute atomic E-state index is 12.5. The van der Waals surface area contributed by atoms with Gasteiger partial charge < -0.3 is 15.5 Å². The van der Waals surface area contributed by atoms with E-state index in [0.29, 0.717) is 30.8 Å². The number of likely N-dealkylation sites (tertiary alicyclic amines) is 1. The molecule has 1 aliphatic heterocycles. The summed E-state index contributed by atoms with van der Waals surface area (Å²) < 4.78 is 0. The van der Waals surface area contributed by atoms with Gasteiger partial charge in [-0.05, 0) is 37.5 Å². The van der Waals surface area contributed by atoms with Crippen LogP contribution in [0.4, 0.5) is 4.79 Å². The summed E-state index contributed by atoms with van der Waals surface area (Å²) in [5, 5.41) is 14.6. The molecule has 0 unspecified atom stereocenters. The Kier molecular flexibility index (Phi) is 5.98. The first-order valence-corrected chi connectivity index (χ1v) is 7.98. The van der Waals surface area contributed by atoms with Crippen LogP contribution in [0, 0.1) is 11.3 Å². The van der Waals surface area contributed by atoms with Gasteiger partial charge in [0.2, 0.25) is 0 Å². The second kappa shape index (κ2) is 8.18. The summed E-state index contributed by atoms with van der Waals surface area (Å²) >= 11 is 0. The highest BCUT2D eigenvalue weighted by molar-refractivity contribution is 5.94. The first kappa shape index (κ1) is 16.8. The summed E-state index contributed by atoms with van der Waals surface area (Å²) in [7, 11) is 0. The first-order chi connectivity index (χ1) is 11.1. The molecule has 3 amide bonds. The van der Waals surface area contributed by atoms with Crippen molar-refractivity contribution in [3.05, 3.63) is 35.4 Å². The number of amides is 3. The van der Waals surface area contributed by atoms with Crippen LogP contribution in [0.2, 0.25) is 0 Å². The molecule has 0 radical (unpaired) electrons. The lowest BCUT2D eigenvalue weighted by Gasteiger charge is -2.32. The minimum Gasteiger partial charge on any atom is -0.338 e. The maximum Gasteiger partial charge on any atom is 0.315 e. The van der Waals surface area contributed by atoms with Crippen LogP contribution in [0.1, 0.15) is 42.1 Å². The fraction of sp³-hybridized carbons (Fsp3) is 0.471. The molecular formula is C17H22N4O2. The topological polar surface area (TPSA) is 85.2 Å². The predicted molar refractivity (Wildman–Crippen MR) is 86.9 cm³/mol. The molecule has 0 saturated carbocycles. The Morgan fingerprint density at radius 2 is 2.09 bits per heavy atom. The molecule has 6 nitrogen and oxygen atoms in total. The van der Waals surface area contributed by atoms with E-state index in [-0.39, 0.29) is 18.0 Å². The third-order valence-corrected chi connectivity index (χ3v) is 3.89. The Morgan fingerprint density at radius 1 is 1.35 bits per heavy atom. The van der Waals surface area contributed by atoms with E-state index in [2.05, 4.69) is 10.6 Å². The highest BCUT2D eigenvalue weighted by Crippen LogP contribution is 2.15. The minimum absolute atomic E-state index is 0.0593. The van der Waals surface area contributed by atoms with Crippen molar-refractivity contribution in [3.63, 3.8) is 0 Å². The fourth-order valence-corrected chi connectivity index (χ4v) is 2.61. The minimum atomic E-state index is -0.140. The number of carbonyl (C=O) groups is 2. The van der Waals surface area contributed by atoms with Gasteiger partial charge in [-0.25, -0.2) is 4.79 Å². The highest BCUT2D eigenvalue weighted by Gasteiger charge is 2.24. The summed E-state index contributed by atoms with van der Waals surface area (Å²) in [6.45, 7) is 3.88. The molecular weight excluding hydrogens is 292 g/mol. The van der Waals surface area contributed by atoms with E-state index in [1.165, 1.54) is 0 Å². The van der Waals surface area contributed by atoms with Crippen molar-refractivity contribution in [1.82, 2.24) is 15.5 Å². The molecule has 2 rings (SSSR count). The van der Waals surface area contributed by atoms with Gasteiger partial charge in [0.1, 0.15) is 0 Å². The fourth-order valence-electron chi connectivity index (χ4n) is 2.61. The molecule has 2 N–H and O–H groups in total. The first-order valence-electron chi connectivity index (χ1n) is 7.98. The van der Waals surface area contributed by atoms with Crippen molar-refractivity contribution in [2.75, 3.05) is 19.6 Å². The van der Waals surface area contributed by atoms with Gasteiger partial charge in [0.25, 0.3) is 5.91 Å². The van der Waals surface area contributed by atoms with Gasteiger partial charge >= 0.3 is 6.03 Å². The van der Waals surface area contributed by atoms with Crippen molar-refractivity contribution in [1.29, 1.82) is 5.26 Å². The molecule has 1 saturated heterocycles. The van der Waals surface area contributed by atoms with Crippen LogP contribution >= 0.6 is 0 Å². The number of nitrogens with zero attached hydrogens (tertiary/aromatic N) is 2. The number of nitriles is 1. The third kappa shape index (κ3) is 4.71. The van der Waals surface area contributed by atoms with Gasteiger partial charge in [0.05, 0.1) is 11.6 Å². The average molecular weight is 314 g/mol. The molecule has 0 aromatic heterocycles. The van der Waals surface area contributed by atoms with Crippen molar-refractivity contribution < 1.29 is 9.59 Å². The van der Waals surface area contributed by atoms with E-state index in [1.54, 1.807) is 29.2 Å². The average Bonchev–Trinajstić information content (AvgIpc) is 2.60. The molecule has 1 aromatic carbocycles. The lowest BCUT2D eigenvalue weighted by atomic mass is 10.0. The van der Waals surface area contributed by atoms with Gasteiger partial charge in [-0.15, -0.1) is 0 Å². The zero-order valence-electron chi connectivity index (χ0n) is 13.3. The number of urea groups is 1. The Hall–Kier alpha value is -2.55. The number of hydrogen-bond donors (Lipinski definition) is 2. The summed E-state index contributed by atoms with van der Waals surface area (Å²) in [6, 6.07) is 8.75. The standard InChI is InChI=1S/C17H22N4O2/c1-2-8-19-17(23)20-15-6-9-21(10-7-15)16(22)14-5-3-4-13(11-14)12-18/h3-5,11,15H,2,6-10H2,1H3,(H2,19,20,23). The van der Waals surface area contributed by atoms with Gasteiger partial charge in [0, 0.05) is 31.2 Å². The summed E-state index contributed by atoms with van der Waals surface area (Å²) in [5.74, 6) is -0.0593. The van der Waals surface area contributed by atoms with Crippen molar-refractivity contribution in [2.24, 2.45) is 0 Å². The molecule has 1 heterocycles. The van der Waals surface area contributed by atoms with Crippen molar-refractivity contribution in [3.8, 4) is 6.07 Å². The quantitative estimate of drug-likeness (QED) is 0.889. The SMILES string of the molecule is CCCNC(=O)NC1CCN(C(=O)c2cccc(C#N)c2)CC1. The lowest BCUT2D eigenvalue weighted by molar-refractivity contribution is 0.0708. The number of benzene rings is 1. The van der Waals surface area contributed by atoms with Crippen LogP contribution in [0.3, 0.4) is 0 Å². The second-order valence-electron chi connectivity index (χ2n) is 5.66. The van der Waals surface area contributed by atoms with Crippen LogP contribution in [0.25, 0.3) is 0 Å². The number of piperidine rings is 1. The van der Waals surface area contributed by atoms with Crippen LogP contribution < -0.4 is 10.6 Å². The predicted octanol–water partition coefficient (Wildman–Crippen LogP) is 1.87. The monoisotopic (exact) mass is 314 g/mol. The van der Waals surface area contributed by atoms with Gasteiger partial charge in [-0.2, -0.15) is 5.26 Å². The molecule has 1 aliphatic rings. The lowest BCUT2D eigenvalue weighted by Crippen LogP contribution is -2.49. The Labute approximate surface area is 136 Å². The van der Waals surface area contributed by atoms with Gasteiger partial charge in [-0.3, -0.25) is 4.79 Å². The van der Waals surface area contributed by atoms with Crippen molar-refractivity contribution >= 4 is 11.9 Å². The van der Waals surface area contributed by atoms with E-state index < -0.39 is 0 Å². The highest BCUT2D eigenvalue weighted by atomic mass is 16.2. The molecule has 0 spiro atoms. The molecule has 122 valence electrons. The van der Waals surface area contributed by atoms with Crippen LogP contribution in [0.5, 0.6) is 0 Å². The van der Waals surface area contributed by atoms with E-state index in [1.807, 2.05) is 13.0 Å². The Morgan fingerprint density at radius 3 is 2.74 bits per heavy atom. The number of hydrogen-bond acceptors (Lipinski definition) is 3. The van der Waals surface area contributed by atoms with Crippen LogP contribution in [-0.4, -0.2) is 42.5 Å². The Balaban J connectivity index is 1.85. The molecule has 23 heavy (non-hydrogen) atoms. The maximum atomic E-state index is 12.5. The molecule has 0 aliphatic carbocycles. The number of carbonyl (C=O) groups excluding carboxylic acids is 2. The number of rotatable bonds is 4. The third-order valence-electron chi connectivity index (χ3n) is 3.89. The molecule has 1 aromatic rings. The summed E-state index contributed by atoms with van der Waals surface area (Å²) in [5.41, 5.74) is 1.02. The normalized spacial score (nSPS) is 14.9. The molecule has 0 bridgehead atoms. The van der Waals surface area contributed by atoms with Gasteiger partial charge in [0.15, 0.2) is 0 Å². The molecule has 0 atom stereocenters. The smallest absolute Gasteiger partial charge is 0.315 e. The van der Waals surface area contributed by atoms with Crippen LogP contribution in [-0.2, 0) is 0 Å². The summed E-state index contributed by atoms with van der Waals surface area (Å²) in [4.78, 5) is 25.9. The van der Waals surface area contributed by atoms with Crippen LogP contribution in [0.15, 0.2) is 24.3 Å². The summed E-state index contributed by atoms with van der Waals surface area (Å²) in [6.07, 6.45) is 2.38. The zero-order valence-corrected chi connectivity index (χ0v) is 13.3. The zero-order chi connectivity index (χ0) is 16.7. The van der Waals surface area contributed by atoms with E-state index >= 15 is 0 Å². The number of nitrogens with one attached hydrogen (secondary N) is 2. The largest absolute Gasteiger partial charge is 0.338 e. The second-order valence-corrected chi connectivity index (χ2v) is 5.66. The van der Waals surface area contributed by atoms with E-state index in [9.17, 15) is 9.59 Å². The van der Waals surface area contributed by atoms with E-state index in [0.717, 1.165) is 19.3 Å². The molecule has 1 fully saturated rings.